The summed E-state index contributed by atoms with van der Waals surface area (Å²) < 4.78 is 6.47. The van der Waals surface area contributed by atoms with Gasteiger partial charge in [0.1, 0.15) is 18.3 Å². The van der Waals surface area contributed by atoms with Gasteiger partial charge < -0.3 is 25.8 Å². The van der Waals surface area contributed by atoms with Gasteiger partial charge in [-0.2, -0.15) is 5.10 Å². The van der Waals surface area contributed by atoms with Crippen molar-refractivity contribution in [3.8, 4) is 11.8 Å². The number of aliphatic hydroxyl groups is 3. The Labute approximate surface area is 114 Å². The maximum absolute atomic E-state index is 11.3. The van der Waals surface area contributed by atoms with Gasteiger partial charge in [-0.05, 0) is 6.92 Å². The molecule has 4 atom stereocenters. The molecule has 0 saturated carbocycles. The molecule has 0 spiro atoms. The van der Waals surface area contributed by atoms with Crippen LogP contribution in [0.4, 0.5) is 0 Å². The van der Waals surface area contributed by atoms with Crippen LogP contribution in [0.15, 0.2) is 6.20 Å². The minimum absolute atomic E-state index is 0.0444. The molecule has 108 valence electrons. The van der Waals surface area contributed by atoms with E-state index in [0.29, 0.717) is 5.56 Å². The van der Waals surface area contributed by atoms with Crippen molar-refractivity contribution in [2.45, 2.75) is 31.5 Å². The van der Waals surface area contributed by atoms with E-state index in [9.17, 15) is 15.0 Å². The number of nitrogens with zero attached hydrogens (tertiary/aromatic N) is 2. The van der Waals surface area contributed by atoms with Crippen molar-refractivity contribution in [3.63, 3.8) is 0 Å². The summed E-state index contributed by atoms with van der Waals surface area (Å²) in [4.78, 5) is 11.3. The summed E-state index contributed by atoms with van der Waals surface area (Å²) in [6, 6.07) is 0. The Balaban J connectivity index is 2.36. The van der Waals surface area contributed by atoms with Crippen LogP contribution < -0.4 is 5.73 Å². The number of aliphatic hydroxyl groups excluding tert-OH is 3. The number of hydrogen-bond acceptors (Lipinski definition) is 6. The molecule has 2 rings (SSSR count). The maximum atomic E-state index is 11.3. The second-order valence-corrected chi connectivity index (χ2v) is 4.34. The van der Waals surface area contributed by atoms with Gasteiger partial charge in [0.25, 0.3) is 5.91 Å². The molecule has 1 saturated heterocycles. The third-order valence-corrected chi connectivity index (χ3v) is 3.00. The molecule has 1 fully saturated rings. The Morgan fingerprint density at radius 1 is 1.55 bits per heavy atom. The second-order valence-electron chi connectivity index (χ2n) is 4.34. The molecular formula is C12H15N3O5. The second kappa shape index (κ2) is 5.60. The normalized spacial score (nSPS) is 29.0. The molecule has 5 N–H and O–H groups in total. The molecule has 8 heteroatoms. The van der Waals surface area contributed by atoms with Gasteiger partial charge in [0.15, 0.2) is 11.9 Å². The lowest BCUT2D eigenvalue weighted by Crippen LogP contribution is -2.33. The number of primary amides is 1. The van der Waals surface area contributed by atoms with Crippen LogP contribution in [0, 0.1) is 11.8 Å². The third-order valence-electron chi connectivity index (χ3n) is 3.00. The van der Waals surface area contributed by atoms with E-state index in [1.165, 1.54) is 10.9 Å². The van der Waals surface area contributed by atoms with E-state index in [-0.39, 0.29) is 5.69 Å². The fourth-order valence-corrected chi connectivity index (χ4v) is 2.03. The van der Waals surface area contributed by atoms with Crippen LogP contribution in [-0.2, 0) is 4.74 Å². The van der Waals surface area contributed by atoms with Crippen LogP contribution >= 0.6 is 0 Å². The zero-order chi connectivity index (χ0) is 14.9. The van der Waals surface area contributed by atoms with E-state index in [2.05, 4.69) is 16.9 Å². The minimum atomic E-state index is -1.28. The first kappa shape index (κ1) is 14.5. The first-order chi connectivity index (χ1) is 9.49. The van der Waals surface area contributed by atoms with Gasteiger partial charge in [0.2, 0.25) is 0 Å². The highest BCUT2D eigenvalue weighted by Gasteiger charge is 2.44. The monoisotopic (exact) mass is 281 g/mol. The Bertz CT molecular complexity index is 573. The van der Waals surface area contributed by atoms with Gasteiger partial charge in [-0.3, -0.25) is 4.79 Å². The summed E-state index contributed by atoms with van der Waals surface area (Å²) in [5.41, 5.74) is 5.46. The number of nitrogens with two attached hydrogens (primary N) is 1. The van der Waals surface area contributed by atoms with E-state index < -0.39 is 37.1 Å². The lowest BCUT2D eigenvalue weighted by atomic mass is 10.1. The Hall–Kier alpha value is -1.92. The van der Waals surface area contributed by atoms with Crippen molar-refractivity contribution in [1.29, 1.82) is 0 Å². The predicted octanol–water partition coefficient (Wildman–Crippen LogP) is -2.04. The van der Waals surface area contributed by atoms with Gasteiger partial charge in [-0.15, -0.1) is 5.92 Å². The molecule has 1 amide bonds. The van der Waals surface area contributed by atoms with Crippen LogP contribution in [0.1, 0.15) is 29.2 Å². The molecule has 1 aliphatic heterocycles. The molecule has 1 aliphatic rings. The Kier molecular flexibility index (Phi) is 4.06. The van der Waals surface area contributed by atoms with Crippen LogP contribution in [0.5, 0.6) is 0 Å². The average molecular weight is 281 g/mol. The molecule has 0 bridgehead atoms. The van der Waals surface area contributed by atoms with E-state index in [1.807, 2.05) is 0 Å². The predicted molar refractivity (Wildman–Crippen MR) is 66.3 cm³/mol. The molecule has 0 aliphatic carbocycles. The standard InChI is InChI=1S/C12H15N3O5/c1-2-3-6-4-15(14-8(6)11(13)19)12-10(18)9(17)7(5-16)20-12/h4,7,9-10,12,16-18H,5H2,1H3,(H2,13,19)/t7-,9-,10-,12-/m1/s1. The van der Waals surface area contributed by atoms with Crippen LogP contribution in [0.3, 0.4) is 0 Å². The SMILES string of the molecule is CC#Cc1cn([C@@H]2O[C@H](CO)[C@@H](O)[C@H]2O)nc1C(N)=O. The van der Waals surface area contributed by atoms with Crippen molar-refractivity contribution in [3.05, 3.63) is 17.5 Å². The molecule has 2 heterocycles. The van der Waals surface area contributed by atoms with Crippen molar-refractivity contribution in [2.24, 2.45) is 5.73 Å². The molecule has 0 radical (unpaired) electrons. The molecule has 0 unspecified atom stereocenters. The summed E-state index contributed by atoms with van der Waals surface area (Å²) in [5.74, 6) is 4.53. The number of rotatable bonds is 3. The number of carbonyl (C=O) groups excluding carboxylic acids is 1. The van der Waals surface area contributed by atoms with Crippen molar-refractivity contribution < 1.29 is 24.9 Å². The molecule has 1 aromatic heterocycles. The van der Waals surface area contributed by atoms with E-state index >= 15 is 0 Å². The summed E-state index contributed by atoms with van der Waals surface area (Å²) >= 11 is 0. The molecule has 1 aromatic rings. The number of hydrogen-bond donors (Lipinski definition) is 4. The first-order valence-corrected chi connectivity index (χ1v) is 5.93. The highest BCUT2D eigenvalue weighted by molar-refractivity contribution is 5.93. The number of carbonyl (C=O) groups is 1. The van der Waals surface area contributed by atoms with E-state index in [4.69, 9.17) is 15.6 Å². The fraction of sp³-hybridized carbons (Fsp3) is 0.500. The zero-order valence-electron chi connectivity index (χ0n) is 10.7. The number of amides is 1. The largest absolute Gasteiger partial charge is 0.394 e. The van der Waals surface area contributed by atoms with Crippen molar-refractivity contribution >= 4 is 5.91 Å². The molecule has 20 heavy (non-hydrogen) atoms. The molecule has 0 aromatic carbocycles. The van der Waals surface area contributed by atoms with Gasteiger partial charge in [-0.25, -0.2) is 4.68 Å². The summed E-state index contributed by atoms with van der Waals surface area (Å²) in [5, 5.41) is 32.5. The average Bonchev–Trinajstić information content (AvgIpc) is 2.94. The van der Waals surface area contributed by atoms with Crippen molar-refractivity contribution in [2.75, 3.05) is 6.61 Å². The number of aromatic nitrogens is 2. The van der Waals surface area contributed by atoms with Gasteiger partial charge in [0.05, 0.1) is 12.2 Å². The fourth-order valence-electron chi connectivity index (χ4n) is 2.03. The van der Waals surface area contributed by atoms with E-state index in [0.717, 1.165) is 0 Å². The van der Waals surface area contributed by atoms with Gasteiger partial charge in [0, 0.05) is 6.20 Å². The highest BCUT2D eigenvalue weighted by Crippen LogP contribution is 2.29. The zero-order valence-corrected chi connectivity index (χ0v) is 10.7. The van der Waals surface area contributed by atoms with Gasteiger partial charge in [-0.1, -0.05) is 5.92 Å². The highest BCUT2D eigenvalue weighted by atomic mass is 16.6. The van der Waals surface area contributed by atoms with Gasteiger partial charge >= 0.3 is 0 Å². The Morgan fingerprint density at radius 3 is 2.75 bits per heavy atom. The number of ether oxygens (including phenoxy) is 1. The van der Waals surface area contributed by atoms with Crippen LogP contribution in [-0.4, -0.2) is 55.9 Å². The van der Waals surface area contributed by atoms with Crippen molar-refractivity contribution in [1.82, 2.24) is 9.78 Å². The third kappa shape index (κ3) is 2.39. The topological polar surface area (TPSA) is 131 Å². The van der Waals surface area contributed by atoms with Crippen LogP contribution in [0.25, 0.3) is 0 Å². The van der Waals surface area contributed by atoms with E-state index in [1.54, 1.807) is 6.92 Å². The molecular weight excluding hydrogens is 266 g/mol. The van der Waals surface area contributed by atoms with Crippen LogP contribution in [0.2, 0.25) is 0 Å². The lowest BCUT2D eigenvalue weighted by molar-refractivity contribution is -0.0587. The summed E-state index contributed by atoms with van der Waals surface area (Å²) in [6.45, 7) is 1.15. The quantitative estimate of drug-likeness (QED) is 0.472. The summed E-state index contributed by atoms with van der Waals surface area (Å²) in [6.07, 6.45) is -3.07. The Morgan fingerprint density at radius 2 is 2.25 bits per heavy atom. The minimum Gasteiger partial charge on any atom is -0.394 e. The lowest BCUT2D eigenvalue weighted by Gasteiger charge is -2.14. The first-order valence-electron chi connectivity index (χ1n) is 5.93. The smallest absolute Gasteiger partial charge is 0.270 e. The molecule has 8 nitrogen and oxygen atoms in total. The maximum Gasteiger partial charge on any atom is 0.270 e. The summed E-state index contributed by atoms with van der Waals surface area (Å²) in [7, 11) is 0.